The molecule has 78 valence electrons. The fourth-order valence-corrected chi connectivity index (χ4v) is 1.54. The normalized spacial score (nSPS) is 15.5. The van der Waals surface area contributed by atoms with Crippen molar-refractivity contribution >= 4 is 21.9 Å². The standard InChI is InChI=1S/C10H13BrO3/c1-6(2)10(3,9(12)13)7-4-5-8(11)14-7/h4-6H,1-3H3,(H,12,13). The molecule has 1 unspecified atom stereocenters. The molecule has 0 bridgehead atoms. The molecule has 1 aromatic rings. The van der Waals surface area contributed by atoms with Crippen molar-refractivity contribution in [3.8, 4) is 0 Å². The van der Waals surface area contributed by atoms with Crippen LogP contribution in [0.3, 0.4) is 0 Å². The fourth-order valence-electron chi connectivity index (χ4n) is 1.23. The first kappa shape index (κ1) is 11.3. The predicted octanol–water partition coefficient (Wildman–Crippen LogP) is 3.04. The highest BCUT2D eigenvalue weighted by atomic mass is 79.9. The summed E-state index contributed by atoms with van der Waals surface area (Å²) in [6.45, 7) is 5.40. The molecular formula is C10H13BrO3. The topological polar surface area (TPSA) is 50.4 Å². The van der Waals surface area contributed by atoms with Gasteiger partial charge in [0.1, 0.15) is 11.2 Å². The van der Waals surface area contributed by atoms with Crippen LogP contribution in [0.15, 0.2) is 21.2 Å². The van der Waals surface area contributed by atoms with E-state index in [4.69, 9.17) is 4.42 Å². The minimum absolute atomic E-state index is 0.0296. The Bertz CT molecular complexity index is 343. The Hall–Kier alpha value is -0.770. The van der Waals surface area contributed by atoms with Crippen LogP contribution >= 0.6 is 15.9 Å². The van der Waals surface area contributed by atoms with Gasteiger partial charge >= 0.3 is 5.97 Å². The van der Waals surface area contributed by atoms with Gasteiger partial charge in [-0.2, -0.15) is 0 Å². The largest absolute Gasteiger partial charge is 0.480 e. The minimum atomic E-state index is -0.966. The number of halogens is 1. The molecule has 0 saturated carbocycles. The smallest absolute Gasteiger partial charge is 0.317 e. The Morgan fingerprint density at radius 3 is 2.43 bits per heavy atom. The zero-order chi connectivity index (χ0) is 10.9. The number of hydrogen-bond acceptors (Lipinski definition) is 2. The van der Waals surface area contributed by atoms with Crippen LogP contribution in [0, 0.1) is 5.92 Å². The van der Waals surface area contributed by atoms with Crippen LogP contribution in [-0.2, 0) is 10.2 Å². The number of carboxylic acids is 1. The van der Waals surface area contributed by atoms with E-state index in [1.807, 2.05) is 13.8 Å². The molecule has 1 N–H and O–H groups in total. The van der Waals surface area contributed by atoms with Gasteiger partial charge in [-0.3, -0.25) is 4.79 Å². The highest BCUT2D eigenvalue weighted by Gasteiger charge is 2.41. The predicted molar refractivity (Wildman–Crippen MR) is 56.2 cm³/mol. The Labute approximate surface area is 91.2 Å². The van der Waals surface area contributed by atoms with Gasteiger partial charge in [-0.25, -0.2) is 0 Å². The second-order valence-electron chi connectivity index (χ2n) is 3.77. The van der Waals surface area contributed by atoms with Crippen molar-refractivity contribution in [1.29, 1.82) is 0 Å². The van der Waals surface area contributed by atoms with Gasteiger partial charge in [0.05, 0.1) is 0 Å². The third kappa shape index (κ3) is 1.71. The van der Waals surface area contributed by atoms with E-state index >= 15 is 0 Å². The number of hydrogen-bond donors (Lipinski definition) is 1. The van der Waals surface area contributed by atoms with E-state index in [9.17, 15) is 9.90 Å². The molecule has 14 heavy (non-hydrogen) atoms. The van der Waals surface area contributed by atoms with E-state index in [-0.39, 0.29) is 5.92 Å². The molecule has 1 rings (SSSR count). The number of rotatable bonds is 3. The van der Waals surface area contributed by atoms with Gasteiger partial charge in [0, 0.05) is 0 Å². The van der Waals surface area contributed by atoms with Crippen LogP contribution in [0.2, 0.25) is 0 Å². The lowest BCUT2D eigenvalue weighted by molar-refractivity contribution is -0.145. The highest BCUT2D eigenvalue weighted by molar-refractivity contribution is 9.10. The summed E-state index contributed by atoms with van der Waals surface area (Å²) in [6.07, 6.45) is 0. The molecule has 0 aliphatic carbocycles. The van der Waals surface area contributed by atoms with Crippen molar-refractivity contribution in [2.24, 2.45) is 5.92 Å². The van der Waals surface area contributed by atoms with Crippen LogP contribution < -0.4 is 0 Å². The lowest BCUT2D eigenvalue weighted by Crippen LogP contribution is -2.37. The molecule has 1 heterocycles. The van der Waals surface area contributed by atoms with Crippen molar-refractivity contribution in [3.63, 3.8) is 0 Å². The first-order chi connectivity index (χ1) is 6.39. The molecule has 3 nitrogen and oxygen atoms in total. The van der Waals surface area contributed by atoms with Crippen LogP contribution in [0.4, 0.5) is 0 Å². The summed E-state index contributed by atoms with van der Waals surface area (Å²) in [4.78, 5) is 11.2. The van der Waals surface area contributed by atoms with Crippen LogP contribution in [0.5, 0.6) is 0 Å². The summed E-state index contributed by atoms with van der Waals surface area (Å²) in [5.74, 6) is -0.417. The Morgan fingerprint density at radius 1 is 1.57 bits per heavy atom. The summed E-state index contributed by atoms with van der Waals surface area (Å²) < 4.78 is 5.86. The molecule has 0 aliphatic rings. The van der Waals surface area contributed by atoms with Gasteiger partial charge in [-0.05, 0) is 40.9 Å². The van der Waals surface area contributed by atoms with Gasteiger partial charge in [0.15, 0.2) is 4.67 Å². The molecule has 0 spiro atoms. The van der Waals surface area contributed by atoms with Gasteiger partial charge in [-0.15, -0.1) is 0 Å². The average molecular weight is 261 g/mol. The quantitative estimate of drug-likeness (QED) is 0.909. The molecule has 0 aromatic carbocycles. The van der Waals surface area contributed by atoms with Gasteiger partial charge < -0.3 is 9.52 Å². The maximum Gasteiger partial charge on any atom is 0.317 e. The SMILES string of the molecule is CC(C)C(C)(C(=O)O)c1ccc(Br)o1. The molecule has 0 saturated heterocycles. The Kier molecular flexibility index (Phi) is 3.04. The first-order valence-electron chi connectivity index (χ1n) is 4.38. The summed E-state index contributed by atoms with van der Waals surface area (Å²) >= 11 is 3.16. The Balaban J connectivity index is 3.19. The minimum Gasteiger partial charge on any atom is -0.480 e. The average Bonchev–Trinajstić information content (AvgIpc) is 2.49. The van der Waals surface area contributed by atoms with Crippen molar-refractivity contribution < 1.29 is 14.3 Å². The maximum atomic E-state index is 11.2. The van der Waals surface area contributed by atoms with Crippen molar-refractivity contribution in [2.45, 2.75) is 26.2 Å². The summed E-state index contributed by atoms with van der Waals surface area (Å²) in [6, 6.07) is 3.40. The highest BCUT2D eigenvalue weighted by Crippen LogP contribution is 2.34. The number of furan rings is 1. The van der Waals surface area contributed by atoms with Gasteiger partial charge in [0.2, 0.25) is 0 Å². The monoisotopic (exact) mass is 260 g/mol. The maximum absolute atomic E-state index is 11.2. The van der Waals surface area contributed by atoms with Crippen LogP contribution in [0.1, 0.15) is 26.5 Å². The first-order valence-corrected chi connectivity index (χ1v) is 5.17. The summed E-state index contributed by atoms with van der Waals surface area (Å²) in [5, 5.41) is 9.19. The zero-order valence-electron chi connectivity index (χ0n) is 8.37. The molecule has 0 aliphatic heterocycles. The van der Waals surface area contributed by atoms with E-state index in [0.717, 1.165) is 0 Å². The second kappa shape index (κ2) is 3.77. The number of carboxylic acid groups (broad SMARTS) is 1. The van der Waals surface area contributed by atoms with Crippen molar-refractivity contribution in [2.75, 3.05) is 0 Å². The van der Waals surface area contributed by atoms with Gasteiger partial charge in [0.25, 0.3) is 0 Å². The van der Waals surface area contributed by atoms with E-state index in [1.54, 1.807) is 19.1 Å². The third-order valence-corrected chi connectivity index (χ3v) is 3.11. The molecule has 1 atom stereocenters. The van der Waals surface area contributed by atoms with E-state index in [2.05, 4.69) is 15.9 Å². The van der Waals surface area contributed by atoms with Gasteiger partial charge in [-0.1, -0.05) is 13.8 Å². The lowest BCUT2D eigenvalue weighted by Gasteiger charge is -2.26. The lowest BCUT2D eigenvalue weighted by atomic mass is 9.77. The molecule has 0 amide bonds. The van der Waals surface area contributed by atoms with Crippen molar-refractivity contribution in [1.82, 2.24) is 0 Å². The summed E-state index contributed by atoms with van der Waals surface area (Å²) in [7, 11) is 0. The molecule has 4 heteroatoms. The summed E-state index contributed by atoms with van der Waals surface area (Å²) in [5.41, 5.74) is -0.966. The second-order valence-corrected chi connectivity index (χ2v) is 4.55. The number of aliphatic carboxylic acids is 1. The fraction of sp³-hybridized carbons (Fsp3) is 0.500. The third-order valence-electron chi connectivity index (χ3n) is 2.68. The zero-order valence-corrected chi connectivity index (χ0v) is 9.96. The van der Waals surface area contributed by atoms with E-state index in [1.165, 1.54) is 0 Å². The van der Waals surface area contributed by atoms with Crippen molar-refractivity contribution in [3.05, 3.63) is 22.6 Å². The molecular weight excluding hydrogens is 248 g/mol. The van der Waals surface area contributed by atoms with E-state index in [0.29, 0.717) is 10.4 Å². The van der Waals surface area contributed by atoms with Crippen LogP contribution in [-0.4, -0.2) is 11.1 Å². The molecule has 0 fully saturated rings. The molecule has 0 radical (unpaired) electrons. The molecule has 1 aromatic heterocycles. The van der Waals surface area contributed by atoms with E-state index < -0.39 is 11.4 Å². The Morgan fingerprint density at radius 2 is 2.14 bits per heavy atom. The van der Waals surface area contributed by atoms with Crippen LogP contribution in [0.25, 0.3) is 0 Å². The number of carbonyl (C=O) groups is 1.